The van der Waals surface area contributed by atoms with Crippen molar-refractivity contribution in [3.05, 3.63) is 99.5 Å². The number of nitrogens with one attached hydrogen (secondary N) is 2. The summed E-state index contributed by atoms with van der Waals surface area (Å²) in [5, 5.41) is 2.79. The zero-order chi connectivity index (χ0) is 27.7. The first kappa shape index (κ1) is 26.6. The van der Waals surface area contributed by atoms with E-state index in [0.717, 1.165) is 0 Å². The molecule has 3 aromatic rings. The van der Waals surface area contributed by atoms with Crippen LogP contribution in [0.2, 0.25) is 0 Å². The monoisotopic (exact) mass is 542 g/mol. The van der Waals surface area contributed by atoms with E-state index < -0.39 is 60.7 Å². The van der Waals surface area contributed by atoms with Crippen molar-refractivity contribution in [2.45, 2.75) is 55.8 Å². The standard InChI is InChI=1S/C28H26F4N4O3/c29-19-11-22(36(15-19)24(38)10-16-6-9-23(37)33-14-16)27(39)35-25(17-4-2-1-3-5-17)21-8-7-20(26(30)34-21)18-12-28(31,32)13-18/h1-9,14,18-19,22,25H,10-13,15H2,(H,33,37)(H,35,39). The Morgan fingerprint density at radius 3 is 2.49 bits per heavy atom. The van der Waals surface area contributed by atoms with Gasteiger partial charge in [-0.2, -0.15) is 4.39 Å². The molecule has 1 saturated heterocycles. The summed E-state index contributed by atoms with van der Waals surface area (Å²) < 4.78 is 56.0. The highest BCUT2D eigenvalue weighted by Gasteiger charge is 2.47. The number of alkyl halides is 3. The van der Waals surface area contributed by atoms with Crippen LogP contribution >= 0.6 is 0 Å². The minimum Gasteiger partial charge on any atom is -0.342 e. The number of hydrogen-bond acceptors (Lipinski definition) is 4. The average molecular weight is 543 g/mol. The number of carbonyl (C=O) groups excluding carboxylic acids is 2. The molecule has 2 aromatic heterocycles. The van der Waals surface area contributed by atoms with Gasteiger partial charge in [0, 0.05) is 37.1 Å². The highest BCUT2D eigenvalue weighted by Crippen LogP contribution is 2.48. The molecule has 7 nitrogen and oxygen atoms in total. The fraction of sp³-hybridized carbons (Fsp3) is 0.357. The van der Waals surface area contributed by atoms with Gasteiger partial charge in [-0.3, -0.25) is 14.4 Å². The largest absolute Gasteiger partial charge is 0.342 e. The third kappa shape index (κ3) is 5.86. The molecule has 1 saturated carbocycles. The Morgan fingerprint density at radius 2 is 1.85 bits per heavy atom. The average Bonchev–Trinajstić information content (AvgIpc) is 3.29. The van der Waals surface area contributed by atoms with E-state index >= 15 is 0 Å². The SMILES string of the molecule is O=C(NC(c1ccccc1)c1ccc(C2CC(F)(F)C2)c(F)n1)C1CC(F)CN1C(=O)Cc1ccc(=O)[nH]c1. The lowest BCUT2D eigenvalue weighted by atomic mass is 9.77. The van der Waals surface area contributed by atoms with Gasteiger partial charge in [-0.15, -0.1) is 0 Å². The van der Waals surface area contributed by atoms with Crippen molar-refractivity contribution in [1.82, 2.24) is 20.2 Å². The number of nitrogens with zero attached hydrogens (tertiary/aromatic N) is 2. The number of benzene rings is 1. The number of aromatic amines is 1. The van der Waals surface area contributed by atoms with E-state index in [1.807, 2.05) is 0 Å². The topological polar surface area (TPSA) is 95.2 Å². The third-order valence-corrected chi connectivity index (χ3v) is 7.22. The maximum Gasteiger partial charge on any atom is 0.249 e. The van der Waals surface area contributed by atoms with Crippen molar-refractivity contribution in [3.63, 3.8) is 0 Å². The number of aromatic nitrogens is 2. The van der Waals surface area contributed by atoms with Crippen LogP contribution in [0.3, 0.4) is 0 Å². The zero-order valence-electron chi connectivity index (χ0n) is 20.7. The van der Waals surface area contributed by atoms with Crippen LogP contribution in [0, 0.1) is 5.95 Å². The Balaban J connectivity index is 1.36. The van der Waals surface area contributed by atoms with Crippen LogP contribution < -0.4 is 10.9 Å². The van der Waals surface area contributed by atoms with Gasteiger partial charge in [-0.1, -0.05) is 42.5 Å². The predicted molar refractivity (Wildman–Crippen MR) is 133 cm³/mol. The Kier molecular flexibility index (Phi) is 7.24. The molecular formula is C28H26F4N4O3. The van der Waals surface area contributed by atoms with Gasteiger partial charge in [0.1, 0.15) is 12.2 Å². The first-order chi connectivity index (χ1) is 18.6. The summed E-state index contributed by atoms with van der Waals surface area (Å²) in [6.45, 7) is -0.260. The number of rotatable bonds is 7. The van der Waals surface area contributed by atoms with Gasteiger partial charge < -0.3 is 15.2 Å². The lowest BCUT2D eigenvalue weighted by Crippen LogP contribution is -2.47. The number of halogens is 4. The van der Waals surface area contributed by atoms with Crippen LogP contribution in [0.4, 0.5) is 17.6 Å². The smallest absolute Gasteiger partial charge is 0.249 e. The molecule has 204 valence electrons. The number of H-pyrrole nitrogens is 1. The molecule has 5 rings (SSSR count). The molecule has 3 atom stereocenters. The summed E-state index contributed by atoms with van der Waals surface area (Å²) in [7, 11) is 0. The van der Waals surface area contributed by atoms with Gasteiger partial charge in [0.15, 0.2) is 0 Å². The molecule has 0 bridgehead atoms. The number of likely N-dealkylation sites (tertiary alicyclic amines) is 1. The normalized spacial score (nSPS) is 21.3. The second-order valence-electron chi connectivity index (χ2n) is 10.1. The summed E-state index contributed by atoms with van der Waals surface area (Å²) in [5.74, 6) is -5.44. The maximum atomic E-state index is 14.9. The molecule has 2 N–H and O–H groups in total. The van der Waals surface area contributed by atoms with Crippen LogP contribution in [0.1, 0.15) is 53.6 Å². The van der Waals surface area contributed by atoms with Gasteiger partial charge in [0.05, 0.1) is 24.7 Å². The van der Waals surface area contributed by atoms with E-state index in [1.54, 1.807) is 30.3 Å². The minimum absolute atomic E-state index is 0.0953. The van der Waals surface area contributed by atoms with E-state index in [0.29, 0.717) is 11.1 Å². The Bertz CT molecular complexity index is 1400. The summed E-state index contributed by atoms with van der Waals surface area (Å²) in [6.07, 6.45) is -1.26. The first-order valence-electron chi connectivity index (χ1n) is 12.6. The number of hydrogen-bond donors (Lipinski definition) is 2. The third-order valence-electron chi connectivity index (χ3n) is 7.22. The summed E-state index contributed by atoms with van der Waals surface area (Å²) >= 11 is 0. The second-order valence-corrected chi connectivity index (χ2v) is 10.1. The fourth-order valence-electron chi connectivity index (χ4n) is 5.16. The summed E-state index contributed by atoms with van der Waals surface area (Å²) in [4.78, 5) is 45.3. The van der Waals surface area contributed by atoms with Crippen molar-refractivity contribution in [2.75, 3.05) is 6.54 Å². The molecule has 2 aliphatic rings. The lowest BCUT2D eigenvalue weighted by Gasteiger charge is -2.35. The molecule has 1 aromatic carbocycles. The van der Waals surface area contributed by atoms with Crippen LogP contribution in [-0.2, 0) is 16.0 Å². The number of amides is 2. The van der Waals surface area contributed by atoms with E-state index in [2.05, 4.69) is 15.3 Å². The van der Waals surface area contributed by atoms with E-state index in [4.69, 9.17) is 0 Å². The molecule has 2 amide bonds. The van der Waals surface area contributed by atoms with Gasteiger partial charge >= 0.3 is 0 Å². The van der Waals surface area contributed by atoms with Crippen molar-refractivity contribution in [2.24, 2.45) is 0 Å². The molecule has 0 radical (unpaired) electrons. The molecule has 1 aliphatic heterocycles. The summed E-state index contributed by atoms with van der Waals surface area (Å²) in [6, 6.07) is 12.2. The molecule has 3 heterocycles. The lowest BCUT2D eigenvalue weighted by molar-refractivity contribution is -0.138. The Hall–Kier alpha value is -4.02. The van der Waals surface area contributed by atoms with Gasteiger partial charge in [-0.05, 0) is 23.1 Å². The van der Waals surface area contributed by atoms with E-state index in [1.165, 1.54) is 35.4 Å². The van der Waals surface area contributed by atoms with Crippen molar-refractivity contribution >= 4 is 11.8 Å². The first-order valence-corrected chi connectivity index (χ1v) is 12.6. The minimum atomic E-state index is -2.81. The Morgan fingerprint density at radius 1 is 1.10 bits per heavy atom. The highest BCUT2D eigenvalue weighted by atomic mass is 19.3. The van der Waals surface area contributed by atoms with Crippen LogP contribution in [0.15, 0.2) is 65.6 Å². The van der Waals surface area contributed by atoms with E-state index in [9.17, 15) is 31.9 Å². The van der Waals surface area contributed by atoms with Gasteiger partial charge in [0.2, 0.25) is 29.2 Å². The van der Waals surface area contributed by atoms with Crippen molar-refractivity contribution < 1.29 is 27.2 Å². The second kappa shape index (κ2) is 10.6. The van der Waals surface area contributed by atoms with Crippen LogP contribution in [0.25, 0.3) is 0 Å². The highest BCUT2D eigenvalue weighted by molar-refractivity contribution is 5.89. The molecule has 39 heavy (non-hydrogen) atoms. The van der Waals surface area contributed by atoms with Crippen molar-refractivity contribution in [1.29, 1.82) is 0 Å². The zero-order valence-corrected chi connectivity index (χ0v) is 20.7. The molecule has 1 aliphatic carbocycles. The van der Waals surface area contributed by atoms with Crippen molar-refractivity contribution in [3.8, 4) is 0 Å². The number of carbonyl (C=O) groups is 2. The molecule has 0 spiro atoms. The quantitative estimate of drug-likeness (QED) is 0.351. The summed E-state index contributed by atoms with van der Waals surface area (Å²) in [5.41, 5.74) is 0.985. The molecule has 3 unspecified atom stereocenters. The predicted octanol–water partition coefficient (Wildman–Crippen LogP) is 3.81. The number of pyridine rings is 2. The molecule has 11 heteroatoms. The van der Waals surface area contributed by atoms with E-state index in [-0.39, 0.29) is 36.2 Å². The Labute approximate surface area is 221 Å². The molecule has 2 fully saturated rings. The molecular weight excluding hydrogens is 516 g/mol. The van der Waals surface area contributed by atoms with Gasteiger partial charge in [0.25, 0.3) is 0 Å². The maximum absolute atomic E-state index is 14.9. The fourth-order valence-corrected chi connectivity index (χ4v) is 5.16. The van der Waals surface area contributed by atoms with Crippen LogP contribution in [-0.4, -0.2) is 51.4 Å². The van der Waals surface area contributed by atoms with Gasteiger partial charge in [-0.25, -0.2) is 18.2 Å². The van der Waals surface area contributed by atoms with Crippen LogP contribution in [0.5, 0.6) is 0 Å².